The van der Waals surface area contributed by atoms with Gasteiger partial charge in [0.2, 0.25) is 10.0 Å². The van der Waals surface area contributed by atoms with E-state index in [-0.39, 0.29) is 29.2 Å². The summed E-state index contributed by atoms with van der Waals surface area (Å²) in [5, 5.41) is 2.53. The first-order chi connectivity index (χ1) is 13.6. The lowest BCUT2D eigenvalue weighted by Crippen LogP contribution is -2.40. The number of alkyl halides is 3. The van der Waals surface area contributed by atoms with Gasteiger partial charge in [-0.25, -0.2) is 8.42 Å². The number of carbonyl (C=O) groups is 1. The molecule has 0 bridgehead atoms. The Hall–Kier alpha value is -2.43. The molecule has 1 amide bonds. The van der Waals surface area contributed by atoms with Crippen LogP contribution in [0.25, 0.3) is 0 Å². The van der Waals surface area contributed by atoms with Gasteiger partial charge in [-0.15, -0.1) is 0 Å². The number of morpholine rings is 1. The van der Waals surface area contributed by atoms with Crippen molar-refractivity contribution >= 4 is 21.6 Å². The summed E-state index contributed by atoms with van der Waals surface area (Å²) in [4.78, 5) is 12.4. The van der Waals surface area contributed by atoms with Crippen molar-refractivity contribution in [2.24, 2.45) is 0 Å². The third-order valence-electron chi connectivity index (χ3n) is 4.51. The maximum atomic E-state index is 12.9. The summed E-state index contributed by atoms with van der Waals surface area (Å²) in [6.45, 7) is 2.74. The molecule has 1 fully saturated rings. The van der Waals surface area contributed by atoms with Crippen molar-refractivity contribution in [1.29, 1.82) is 0 Å². The van der Waals surface area contributed by atoms with Crippen molar-refractivity contribution in [3.8, 4) is 0 Å². The van der Waals surface area contributed by atoms with Crippen LogP contribution in [-0.4, -0.2) is 44.9 Å². The standard InChI is InChI=1S/C19H19F3N2O4S/c1-13-2-7-16(12-17(13)29(26,27)24-8-10-28-11-9-24)23-18(25)14-3-5-15(6-4-14)19(20,21)22/h2-7,12H,8-11H2,1H3,(H,23,25). The van der Waals surface area contributed by atoms with E-state index in [9.17, 15) is 26.4 Å². The Bertz CT molecular complexity index is 999. The number of hydrogen-bond donors (Lipinski definition) is 1. The minimum Gasteiger partial charge on any atom is -0.379 e. The van der Waals surface area contributed by atoms with E-state index in [1.165, 1.54) is 16.4 Å². The Morgan fingerprint density at radius 1 is 1.07 bits per heavy atom. The third kappa shape index (κ3) is 4.77. The Kier molecular flexibility index (Phi) is 5.97. The fourth-order valence-electron chi connectivity index (χ4n) is 2.90. The van der Waals surface area contributed by atoms with Gasteiger partial charge in [0.05, 0.1) is 23.7 Å². The molecule has 1 saturated heterocycles. The molecule has 0 aliphatic carbocycles. The van der Waals surface area contributed by atoms with Gasteiger partial charge in [0, 0.05) is 24.3 Å². The second-order valence-electron chi connectivity index (χ2n) is 6.53. The lowest BCUT2D eigenvalue weighted by Gasteiger charge is -2.26. The van der Waals surface area contributed by atoms with Crippen LogP contribution in [0.5, 0.6) is 0 Å². The van der Waals surface area contributed by atoms with Crippen LogP contribution in [0.15, 0.2) is 47.4 Å². The van der Waals surface area contributed by atoms with Gasteiger partial charge in [-0.1, -0.05) is 6.07 Å². The van der Waals surface area contributed by atoms with Gasteiger partial charge in [0.15, 0.2) is 0 Å². The molecule has 1 N–H and O–H groups in total. The van der Waals surface area contributed by atoms with Crippen molar-refractivity contribution in [1.82, 2.24) is 4.31 Å². The van der Waals surface area contributed by atoms with Crippen molar-refractivity contribution in [2.45, 2.75) is 18.0 Å². The lowest BCUT2D eigenvalue weighted by molar-refractivity contribution is -0.137. The van der Waals surface area contributed by atoms with E-state index in [0.717, 1.165) is 24.3 Å². The minimum atomic E-state index is -4.49. The molecule has 1 aliphatic heterocycles. The summed E-state index contributed by atoms with van der Waals surface area (Å²) < 4.78 is 70.2. The number of amides is 1. The first-order valence-corrected chi connectivity index (χ1v) is 10.2. The second kappa shape index (κ2) is 8.13. The van der Waals surface area contributed by atoms with Crippen LogP contribution in [0.1, 0.15) is 21.5 Å². The number of sulfonamides is 1. The summed E-state index contributed by atoms with van der Waals surface area (Å²) >= 11 is 0. The largest absolute Gasteiger partial charge is 0.416 e. The lowest BCUT2D eigenvalue weighted by atomic mass is 10.1. The fraction of sp³-hybridized carbons (Fsp3) is 0.316. The molecule has 156 valence electrons. The molecule has 3 rings (SSSR count). The van der Waals surface area contributed by atoms with Gasteiger partial charge in [0.1, 0.15) is 0 Å². The monoisotopic (exact) mass is 428 g/mol. The van der Waals surface area contributed by atoms with E-state index in [2.05, 4.69) is 5.32 Å². The van der Waals surface area contributed by atoms with Gasteiger partial charge >= 0.3 is 6.18 Å². The third-order valence-corrected chi connectivity index (χ3v) is 6.55. The van der Waals surface area contributed by atoms with E-state index in [4.69, 9.17) is 4.74 Å². The number of carbonyl (C=O) groups excluding carboxylic acids is 1. The zero-order valence-corrected chi connectivity index (χ0v) is 16.3. The molecule has 10 heteroatoms. The van der Waals surface area contributed by atoms with Crippen LogP contribution < -0.4 is 5.32 Å². The number of benzene rings is 2. The SMILES string of the molecule is Cc1ccc(NC(=O)c2ccc(C(F)(F)F)cc2)cc1S(=O)(=O)N1CCOCC1. The molecular formula is C19H19F3N2O4S. The topological polar surface area (TPSA) is 75.7 Å². The van der Waals surface area contributed by atoms with Crippen LogP contribution in [0.3, 0.4) is 0 Å². The van der Waals surface area contributed by atoms with E-state index >= 15 is 0 Å². The Morgan fingerprint density at radius 2 is 1.69 bits per heavy atom. The first kappa shape index (κ1) is 21.3. The Balaban J connectivity index is 1.81. The van der Waals surface area contributed by atoms with Crippen LogP contribution in [-0.2, 0) is 20.9 Å². The smallest absolute Gasteiger partial charge is 0.379 e. The van der Waals surface area contributed by atoms with Crippen molar-refractivity contribution in [3.63, 3.8) is 0 Å². The number of ether oxygens (including phenoxy) is 1. The van der Waals surface area contributed by atoms with Crippen LogP contribution in [0, 0.1) is 6.92 Å². The quantitative estimate of drug-likeness (QED) is 0.811. The molecule has 0 atom stereocenters. The van der Waals surface area contributed by atoms with Crippen molar-refractivity contribution < 1.29 is 31.1 Å². The molecule has 0 unspecified atom stereocenters. The average Bonchev–Trinajstić information content (AvgIpc) is 2.69. The van der Waals surface area contributed by atoms with Gasteiger partial charge in [-0.05, 0) is 48.9 Å². The van der Waals surface area contributed by atoms with Crippen LogP contribution in [0.2, 0.25) is 0 Å². The maximum Gasteiger partial charge on any atom is 0.416 e. The molecule has 29 heavy (non-hydrogen) atoms. The van der Waals surface area contributed by atoms with Gasteiger partial charge in [0.25, 0.3) is 5.91 Å². The molecule has 1 heterocycles. The van der Waals surface area contributed by atoms with Crippen molar-refractivity contribution in [2.75, 3.05) is 31.6 Å². The molecule has 0 spiro atoms. The van der Waals surface area contributed by atoms with E-state index in [1.807, 2.05) is 0 Å². The summed E-state index contributed by atoms with van der Waals surface area (Å²) in [6.07, 6.45) is -4.49. The van der Waals surface area contributed by atoms with E-state index in [1.54, 1.807) is 13.0 Å². The number of nitrogens with zero attached hydrogens (tertiary/aromatic N) is 1. The van der Waals surface area contributed by atoms with E-state index in [0.29, 0.717) is 18.8 Å². The summed E-state index contributed by atoms with van der Waals surface area (Å²) in [5.74, 6) is -0.641. The normalized spacial score (nSPS) is 15.9. The summed E-state index contributed by atoms with van der Waals surface area (Å²) in [6, 6.07) is 8.22. The zero-order chi connectivity index (χ0) is 21.2. The summed E-state index contributed by atoms with van der Waals surface area (Å²) in [5.41, 5.74) is -0.0872. The highest BCUT2D eigenvalue weighted by Crippen LogP contribution is 2.29. The van der Waals surface area contributed by atoms with Gasteiger partial charge in [-0.2, -0.15) is 17.5 Å². The molecule has 1 aliphatic rings. The Labute approximate surface area is 166 Å². The molecule has 0 saturated carbocycles. The van der Waals surface area contributed by atoms with Crippen molar-refractivity contribution in [3.05, 3.63) is 59.2 Å². The highest BCUT2D eigenvalue weighted by atomic mass is 32.2. The minimum absolute atomic E-state index is 0.0242. The fourth-order valence-corrected chi connectivity index (χ4v) is 4.55. The maximum absolute atomic E-state index is 12.9. The number of aryl methyl sites for hydroxylation is 1. The number of rotatable bonds is 4. The van der Waals surface area contributed by atoms with Crippen LogP contribution in [0.4, 0.5) is 18.9 Å². The number of halogens is 3. The number of anilines is 1. The number of hydrogen-bond acceptors (Lipinski definition) is 4. The van der Waals surface area contributed by atoms with E-state index < -0.39 is 27.7 Å². The Morgan fingerprint density at radius 3 is 2.28 bits per heavy atom. The van der Waals surface area contributed by atoms with Gasteiger partial charge in [-0.3, -0.25) is 4.79 Å². The van der Waals surface area contributed by atoms with Crippen LogP contribution >= 0.6 is 0 Å². The molecule has 2 aromatic carbocycles. The first-order valence-electron chi connectivity index (χ1n) is 8.76. The predicted molar refractivity (Wildman–Crippen MR) is 100 cm³/mol. The molecule has 2 aromatic rings. The average molecular weight is 428 g/mol. The molecule has 6 nitrogen and oxygen atoms in total. The van der Waals surface area contributed by atoms with Gasteiger partial charge < -0.3 is 10.1 Å². The molecule has 0 aromatic heterocycles. The second-order valence-corrected chi connectivity index (χ2v) is 8.43. The highest BCUT2D eigenvalue weighted by molar-refractivity contribution is 7.89. The predicted octanol–water partition coefficient (Wildman–Crippen LogP) is 3.29. The summed E-state index contributed by atoms with van der Waals surface area (Å²) in [7, 11) is -3.76. The molecule has 0 radical (unpaired) electrons. The molecular weight excluding hydrogens is 409 g/mol. The highest BCUT2D eigenvalue weighted by Gasteiger charge is 2.30. The number of nitrogens with one attached hydrogen (secondary N) is 1. The zero-order valence-electron chi connectivity index (χ0n) is 15.5.